The van der Waals surface area contributed by atoms with Crippen LogP contribution >= 0.6 is 23.8 Å². The van der Waals surface area contributed by atoms with Gasteiger partial charge < -0.3 is 14.6 Å². The van der Waals surface area contributed by atoms with Gasteiger partial charge in [0.2, 0.25) is 0 Å². The second kappa shape index (κ2) is 9.34. The van der Waals surface area contributed by atoms with Crippen molar-refractivity contribution in [1.29, 1.82) is 0 Å². The molecule has 2 aromatic carbocycles. The van der Waals surface area contributed by atoms with Gasteiger partial charge in [0.25, 0.3) is 0 Å². The zero-order valence-corrected chi connectivity index (χ0v) is 16.6. The molecule has 0 aliphatic rings. The smallest absolute Gasteiger partial charge is 0.191 e. The van der Waals surface area contributed by atoms with E-state index in [-0.39, 0.29) is 5.82 Å². The third-order valence-electron chi connectivity index (χ3n) is 3.94. The molecule has 0 bridgehead atoms. The first-order chi connectivity index (χ1) is 13.6. The van der Waals surface area contributed by atoms with Crippen molar-refractivity contribution in [2.75, 3.05) is 12.4 Å². The molecule has 1 aromatic heterocycles. The van der Waals surface area contributed by atoms with Crippen LogP contribution in [0.15, 0.2) is 65.9 Å². The van der Waals surface area contributed by atoms with Crippen LogP contribution in [0.1, 0.15) is 11.3 Å². The largest absolute Gasteiger partial charge is 0.495 e. The molecular formula is C20H18ClFN4OS. The van der Waals surface area contributed by atoms with Gasteiger partial charge in [-0.25, -0.2) is 4.39 Å². The summed E-state index contributed by atoms with van der Waals surface area (Å²) < 4.78 is 20.4. The quantitative estimate of drug-likeness (QED) is 0.348. The van der Waals surface area contributed by atoms with Gasteiger partial charge in [0.15, 0.2) is 5.11 Å². The van der Waals surface area contributed by atoms with Crippen LogP contribution in [-0.4, -0.2) is 23.0 Å². The Morgan fingerprint density at radius 1 is 1.25 bits per heavy atom. The lowest BCUT2D eigenvalue weighted by molar-refractivity contribution is 0.417. The predicted molar refractivity (Wildman–Crippen MR) is 115 cm³/mol. The minimum atomic E-state index is -0.358. The standard InChI is InChI=1S/C20H18ClFN4OS/c1-27-19-7-3-2-6-18(19)24-20(28)25-23-12-16-5-4-10-26(16)13-14-8-9-15(22)11-17(14)21/h2-12H,13H2,1H3,(H2,24,25,28)/b23-12-. The third kappa shape index (κ3) is 5.09. The van der Waals surface area contributed by atoms with Gasteiger partial charge in [-0.1, -0.05) is 29.8 Å². The second-order valence-corrected chi connectivity index (χ2v) is 6.64. The van der Waals surface area contributed by atoms with E-state index in [1.807, 2.05) is 47.2 Å². The highest BCUT2D eigenvalue weighted by atomic mass is 35.5. The molecule has 0 radical (unpaired) electrons. The Hall–Kier alpha value is -2.90. The van der Waals surface area contributed by atoms with E-state index in [0.29, 0.717) is 22.4 Å². The molecule has 28 heavy (non-hydrogen) atoms. The zero-order valence-electron chi connectivity index (χ0n) is 15.0. The molecule has 0 atom stereocenters. The SMILES string of the molecule is COc1ccccc1NC(=S)N/N=C\c1cccn1Cc1ccc(F)cc1Cl. The van der Waals surface area contributed by atoms with Crippen molar-refractivity contribution in [2.24, 2.45) is 5.10 Å². The fraction of sp³-hybridized carbons (Fsp3) is 0.100. The highest BCUT2D eigenvalue weighted by molar-refractivity contribution is 7.80. The second-order valence-electron chi connectivity index (χ2n) is 5.82. The summed E-state index contributed by atoms with van der Waals surface area (Å²) in [6.45, 7) is 0.497. The van der Waals surface area contributed by atoms with Crippen molar-refractivity contribution in [1.82, 2.24) is 9.99 Å². The number of methoxy groups -OCH3 is 1. The third-order valence-corrected chi connectivity index (χ3v) is 4.48. The molecule has 3 aromatic rings. The monoisotopic (exact) mass is 416 g/mol. The van der Waals surface area contributed by atoms with E-state index in [4.69, 9.17) is 28.6 Å². The Labute approximate surface area is 172 Å². The molecule has 8 heteroatoms. The highest BCUT2D eigenvalue weighted by Gasteiger charge is 2.06. The predicted octanol–water partition coefficient (Wildman–Crippen LogP) is 4.66. The van der Waals surface area contributed by atoms with Gasteiger partial charge in [0, 0.05) is 17.8 Å². The minimum Gasteiger partial charge on any atom is -0.495 e. The van der Waals surface area contributed by atoms with E-state index in [2.05, 4.69) is 15.8 Å². The molecule has 0 unspecified atom stereocenters. The molecule has 0 saturated heterocycles. The van der Waals surface area contributed by atoms with Crippen molar-refractivity contribution in [3.63, 3.8) is 0 Å². The lowest BCUT2D eigenvalue weighted by Crippen LogP contribution is -2.24. The maximum Gasteiger partial charge on any atom is 0.191 e. The first kappa shape index (κ1) is 19.9. The molecule has 2 N–H and O–H groups in total. The number of thiocarbonyl (C=S) groups is 1. The van der Waals surface area contributed by atoms with Gasteiger partial charge in [0.05, 0.1) is 24.7 Å². The van der Waals surface area contributed by atoms with E-state index in [9.17, 15) is 4.39 Å². The first-order valence-electron chi connectivity index (χ1n) is 8.39. The van der Waals surface area contributed by atoms with Gasteiger partial charge in [-0.3, -0.25) is 5.43 Å². The lowest BCUT2D eigenvalue weighted by atomic mass is 10.2. The molecule has 144 valence electrons. The van der Waals surface area contributed by atoms with Crippen LogP contribution < -0.4 is 15.5 Å². The van der Waals surface area contributed by atoms with Gasteiger partial charge in [-0.05, 0) is 54.2 Å². The number of anilines is 1. The van der Waals surface area contributed by atoms with Gasteiger partial charge in [-0.2, -0.15) is 5.10 Å². The zero-order chi connectivity index (χ0) is 19.9. The summed E-state index contributed by atoms with van der Waals surface area (Å²) in [6, 6.07) is 15.6. The Balaban J connectivity index is 1.62. The summed E-state index contributed by atoms with van der Waals surface area (Å²) in [5.74, 6) is 0.323. The fourth-order valence-corrected chi connectivity index (χ4v) is 2.97. The number of aromatic nitrogens is 1. The summed E-state index contributed by atoms with van der Waals surface area (Å²) in [6.07, 6.45) is 3.54. The highest BCUT2D eigenvalue weighted by Crippen LogP contribution is 2.22. The summed E-state index contributed by atoms with van der Waals surface area (Å²) in [4.78, 5) is 0. The summed E-state index contributed by atoms with van der Waals surface area (Å²) in [5, 5.41) is 7.92. The van der Waals surface area contributed by atoms with Crippen molar-refractivity contribution in [3.8, 4) is 5.75 Å². The summed E-state index contributed by atoms with van der Waals surface area (Å²) in [7, 11) is 1.59. The molecule has 1 heterocycles. The van der Waals surface area contributed by atoms with Gasteiger partial charge in [0.1, 0.15) is 11.6 Å². The van der Waals surface area contributed by atoms with Crippen LogP contribution in [-0.2, 0) is 6.54 Å². The number of nitrogens with zero attached hydrogens (tertiary/aromatic N) is 2. The van der Waals surface area contributed by atoms with E-state index >= 15 is 0 Å². The minimum absolute atomic E-state index is 0.334. The molecule has 0 fully saturated rings. The van der Waals surface area contributed by atoms with E-state index in [1.165, 1.54) is 12.1 Å². The Bertz CT molecular complexity index is 1010. The topological polar surface area (TPSA) is 50.6 Å². The number of para-hydroxylation sites is 2. The Morgan fingerprint density at radius 2 is 2.07 bits per heavy atom. The molecule has 0 spiro atoms. The number of hydrogen-bond acceptors (Lipinski definition) is 3. The number of nitrogens with one attached hydrogen (secondary N) is 2. The van der Waals surface area contributed by atoms with Crippen LogP contribution in [0.5, 0.6) is 5.75 Å². The van der Waals surface area contributed by atoms with Crippen molar-refractivity contribution in [2.45, 2.75) is 6.54 Å². The van der Waals surface area contributed by atoms with E-state index in [0.717, 1.165) is 16.9 Å². The van der Waals surface area contributed by atoms with Crippen LogP contribution in [0.2, 0.25) is 5.02 Å². The number of benzene rings is 2. The molecule has 0 aliphatic carbocycles. The van der Waals surface area contributed by atoms with E-state index < -0.39 is 0 Å². The van der Waals surface area contributed by atoms with Crippen molar-refractivity contribution in [3.05, 3.63) is 82.9 Å². The van der Waals surface area contributed by atoms with Crippen LogP contribution in [0.4, 0.5) is 10.1 Å². The first-order valence-corrected chi connectivity index (χ1v) is 9.17. The van der Waals surface area contributed by atoms with Gasteiger partial charge in [-0.15, -0.1) is 0 Å². The molecule has 0 aliphatic heterocycles. The number of rotatable bonds is 6. The summed E-state index contributed by atoms with van der Waals surface area (Å²) in [5.41, 5.74) is 5.17. The number of ether oxygens (including phenoxy) is 1. The van der Waals surface area contributed by atoms with Crippen molar-refractivity contribution >= 4 is 40.8 Å². The van der Waals surface area contributed by atoms with Crippen LogP contribution in [0.3, 0.4) is 0 Å². The molecule has 5 nitrogen and oxygen atoms in total. The molecule has 0 saturated carbocycles. The molecular weight excluding hydrogens is 399 g/mol. The average molecular weight is 417 g/mol. The Kier molecular flexibility index (Phi) is 6.62. The summed E-state index contributed by atoms with van der Waals surface area (Å²) >= 11 is 11.4. The Morgan fingerprint density at radius 3 is 2.86 bits per heavy atom. The number of halogens is 2. The van der Waals surface area contributed by atoms with Gasteiger partial charge >= 0.3 is 0 Å². The number of hydrazone groups is 1. The van der Waals surface area contributed by atoms with E-state index in [1.54, 1.807) is 19.4 Å². The van der Waals surface area contributed by atoms with Crippen LogP contribution in [0, 0.1) is 5.82 Å². The lowest BCUT2D eigenvalue weighted by Gasteiger charge is -2.11. The maximum absolute atomic E-state index is 13.2. The van der Waals surface area contributed by atoms with Crippen molar-refractivity contribution < 1.29 is 9.13 Å². The number of hydrogen-bond donors (Lipinski definition) is 2. The molecule has 0 amide bonds. The molecule has 3 rings (SSSR count). The average Bonchev–Trinajstić information content (AvgIpc) is 3.11. The normalized spacial score (nSPS) is 10.8. The fourth-order valence-electron chi connectivity index (χ4n) is 2.58. The van der Waals surface area contributed by atoms with Crippen LogP contribution in [0.25, 0.3) is 0 Å². The maximum atomic E-state index is 13.2.